The molecule has 27 heavy (non-hydrogen) atoms. The van der Waals surface area contributed by atoms with Crippen molar-refractivity contribution in [2.24, 2.45) is 0 Å². The molecular formula is C21H18O5S. The molecule has 3 aromatic carbocycles. The van der Waals surface area contributed by atoms with Crippen LogP contribution in [-0.2, 0) is 14.6 Å². The predicted molar refractivity (Wildman–Crippen MR) is 102 cm³/mol. The van der Waals surface area contributed by atoms with Crippen LogP contribution in [0.4, 0.5) is 0 Å². The molecule has 1 unspecified atom stereocenters. The summed E-state index contributed by atoms with van der Waals surface area (Å²) in [6.07, 6.45) is 0.0426. The fourth-order valence-electron chi connectivity index (χ4n) is 2.77. The van der Waals surface area contributed by atoms with Crippen LogP contribution in [0.5, 0.6) is 5.75 Å². The summed E-state index contributed by atoms with van der Waals surface area (Å²) < 4.78 is 29.6. The first kappa shape index (κ1) is 18.7. The molecule has 0 heterocycles. The Bertz CT molecular complexity index is 1040. The molecule has 0 radical (unpaired) electrons. The number of aliphatic carboxylic acids is 1. The lowest BCUT2D eigenvalue weighted by Gasteiger charge is -2.16. The van der Waals surface area contributed by atoms with Gasteiger partial charge in [0.05, 0.1) is 4.90 Å². The van der Waals surface area contributed by atoms with Crippen molar-refractivity contribution in [2.75, 3.05) is 6.26 Å². The fraction of sp³-hybridized carbons (Fsp3) is 0.0952. The van der Waals surface area contributed by atoms with Crippen LogP contribution in [0.3, 0.4) is 0 Å². The molecule has 0 aliphatic carbocycles. The number of sulfone groups is 1. The lowest BCUT2D eigenvalue weighted by molar-refractivity contribution is -0.145. The number of benzene rings is 3. The van der Waals surface area contributed by atoms with Crippen LogP contribution in [0.15, 0.2) is 83.8 Å². The van der Waals surface area contributed by atoms with E-state index in [4.69, 9.17) is 4.74 Å². The van der Waals surface area contributed by atoms with Crippen LogP contribution >= 0.6 is 0 Å². The topological polar surface area (TPSA) is 80.7 Å². The van der Waals surface area contributed by atoms with Crippen molar-refractivity contribution >= 4 is 15.8 Å². The van der Waals surface area contributed by atoms with Crippen LogP contribution in [0.25, 0.3) is 11.1 Å². The minimum Gasteiger partial charge on any atom is -0.478 e. The molecule has 6 heteroatoms. The van der Waals surface area contributed by atoms with Crippen molar-refractivity contribution in [1.29, 1.82) is 0 Å². The Labute approximate surface area is 157 Å². The first-order valence-electron chi connectivity index (χ1n) is 8.20. The molecule has 0 amide bonds. The van der Waals surface area contributed by atoms with Gasteiger partial charge in [-0.25, -0.2) is 13.2 Å². The van der Waals surface area contributed by atoms with E-state index in [1.54, 1.807) is 78.9 Å². The fourth-order valence-corrected chi connectivity index (χ4v) is 3.68. The van der Waals surface area contributed by atoms with Crippen molar-refractivity contribution in [3.8, 4) is 16.9 Å². The molecule has 0 bridgehead atoms. The Morgan fingerprint density at radius 2 is 1.48 bits per heavy atom. The highest BCUT2D eigenvalue weighted by atomic mass is 32.2. The Hall–Kier alpha value is -3.12. The second-order valence-corrected chi connectivity index (χ2v) is 8.02. The first-order chi connectivity index (χ1) is 12.9. The summed E-state index contributed by atoms with van der Waals surface area (Å²) in [4.78, 5) is 11.8. The summed E-state index contributed by atoms with van der Waals surface area (Å²) in [5, 5.41) is 9.45. The van der Waals surface area contributed by atoms with Gasteiger partial charge >= 0.3 is 5.97 Å². The molecule has 1 N–H and O–H groups in total. The van der Waals surface area contributed by atoms with Crippen LogP contribution in [0, 0.1) is 0 Å². The largest absolute Gasteiger partial charge is 0.478 e. The molecular weight excluding hydrogens is 364 g/mol. The molecule has 0 aromatic heterocycles. The van der Waals surface area contributed by atoms with E-state index in [1.165, 1.54) is 6.26 Å². The van der Waals surface area contributed by atoms with E-state index in [2.05, 4.69) is 0 Å². The van der Waals surface area contributed by atoms with Gasteiger partial charge < -0.3 is 9.84 Å². The van der Waals surface area contributed by atoms with Crippen molar-refractivity contribution in [3.05, 3.63) is 84.4 Å². The maximum absolute atomic E-state index is 12.0. The highest BCUT2D eigenvalue weighted by Gasteiger charge is 2.21. The Balaban J connectivity index is 1.89. The monoisotopic (exact) mass is 382 g/mol. The second kappa shape index (κ2) is 7.63. The number of hydrogen-bond donors (Lipinski definition) is 1. The van der Waals surface area contributed by atoms with Gasteiger partial charge in [-0.05, 0) is 23.8 Å². The summed E-state index contributed by atoms with van der Waals surface area (Å²) >= 11 is 0. The normalized spacial score (nSPS) is 12.3. The Morgan fingerprint density at radius 1 is 0.889 bits per heavy atom. The van der Waals surface area contributed by atoms with Crippen molar-refractivity contribution in [2.45, 2.75) is 11.0 Å². The molecule has 1 atom stereocenters. The van der Waals surface area contributed by atoms with Gasteiger partial charge in [-0.15, -0.1) is 0 Å². The third-order valence-electron chi connectivity index (χ3n) is 4.03. The van der Waals surface area contributed by atoms with Crippen LogP contribution in [0.2, 0.25) is 0 Å². The zero-order valence-corrected chi connectivity index (χ0v) is 15.4. The molecule has 138 valence electrons. The van der Waals surface area contributed by atoms with Gasteiger partial charge in [0, 0.05) is 17.4 Å². The van der Waals surface area contributed by atoms with E-state index in [1.807, 2.05) is 0 Å². The first-order valence-corrected chi connectivity index (χ1v) is 10.1. The minimum atomic E-state index is -3.37. The molecule has 3 aromatic rings. The van der Waals surface area contributed by atoms with E-state index < -0.39 is 21.9 Å². The average molecular weight is 382 g/mol. The van der Waals surface area contributed by atoms with Gasteiger partial charge in [0.15, 0.2) is 9.84 Å². The summed E-state index contributed by atoms with van der Waals surface area (Å²) in [6.45, 7) is 0. The van der Waals surface area contributed by atoms with Gasteiger partial charge in [0.1, 0.15) is 5.75 Å². The summed E-state index contributed by atoms with van der Waals surface area (Å²) in [5.41, 5.74) is 1.83. The van der Waals surface area contributed by atoms with Crippen molar-refractivity contribution < 1.29 is 23.1 Å². The predicted octanol–water partition coefficient (Wildman–Crippen LogP) is 3.96. The van der Waals surface area contributed by atoms with Gasteiger partial charge in [-0.2, -0.15) is 0 Å². The van der Waals surface area contributed by atoms with Crippen LogP contribution in [-0.4, -0.2) is 25.7 Å². The number of ether oxygens (including phenoxy) is 1. The van der Waals surface area contributed by atoms with Gasteiger partial charge in [0.2, 0.25) is 6.10 Å². The molecule has 0 aliphatic rings. The number of carboxylic acids is 1. The van der Waals surface area contributed by atoms with Crippen molar-refractivity contribution in [1.82, 2.24) is 0 Å². The number of hydrogen-bond acceptors (Lipinski definition) is 4. The third kappa shape index (κ3) is 4.35. The summed E-state index contributed by atoms with van der Waals surface area (Å²) in [5.74, 6) is -0.709. The highest BCUT2D eigenvalue weighted by Crippen LogP contribution is 2.30. The van der Waals surface area contributed by atoms with E-state index in [9.17, 15) is 18.3 Å². The standard InChI is InChI=1S/C21H18O5S/c1-27(24,25)19-10-6-5-9-18(19)15-11-13-17(14-12-15)26-20(21(22)23)16-7-3-2-4-8-16/h2-14,20H,1H3,(H,22,23). The smallest absolute Gasteiger partial charge is 0.349 e. The van der Waals surface area contributed by atoms with Gasteiger partial charge in [0.25, 0.3) is 0 Å². The summed E-state index contributed by atoms with van der Waals surface area (Å²) in [7, 11) is -3.37. The zero-order chi connectivity index (χ0) is 19.4. The van der Waals surface area contributed by atoms with E-state index in [0.717, 1.165) is 0 Å². The molecule has 0 saturated heterocycles. The van der Waals surface area contributed by atoms with E-state index in [-0.39, 0.29) is 4.90 Å². The van der Waals surface area contributed by atoms with Crippen LogP contribution < -0.4 is 4.74 Å². The molecule has 0 saturated carbocycles. The van der Waals surface area contributed by atoms with Gasteiger partial charge in [-0.3, -0.25) is 0 Å². The van der Waals surface area contributed by atoms with Crippen molar-refractivity contribution in [3.63, 3.8) is 0 Å². The molecule has 3 rings (SSSR count). The molecule has 0 fully saturated rings. The maximum Gasteiger partial charge on any atom is 0.349 e. The molecule has 0 spiro atoms. The zero-order valence-electron chi connectivity index (χ0n) is 14.6. The molecule has 0 aliphatic heterocycles. The lowest BCUT2D eigenvalue weighted by Crippen LogP contribution is -2.18. The second-order valence-electron chi connectivity index (χ2n) is 6.04. The SMILES string of the molecule is CS(=O)(=O)c1ccccc1-c1ccc(OC(C(=O)O)c2ccccc2)cc1. The Kier molecular flexibility index (Phi) is 5.28. The molecule has 5 nitrogen and oxygen atoms in total. The number of carboxylic acid groups (broad SMARTS) is 1. The quantitative estimate of drug-likeness (QED) is 0.698. The van der Waals surface area contributed by atoms with Crippen LogP contribution in [0.1, 0.15) is 11.7 Å². The number of carbonyl (C=O) groups is 1. The number of rotatable bonds is 6. The Morgan fingerprint density at radius 3 is 2.07 bits per heavy atom. The maximum atomic E-state index is 12.0. The van der Waals surface area contributed by atoms with E-state index >= 15 is 0 Å². The average Bonchev–Trinajstić information content (AvgIpc) is 2.66. The summed E-state index contributed by atoms with van der Waals surface area (Å²) in [6, 6.07) is 22.1. The minimum absolute atomic E-state index is 0.242. The highest BCUT2D eigenvalue weighted by molar-refractivity contribution is 7.90. The van der Waals surface area contributed by atoms with E-state index in [0.29, 0.717) is 22.4 Å². The third-order valence-corrected chi connectivity index (χ3v) is 5.19. The lowest BCUT2D eigenvalue weighted by atomic mass is 10.1. The van der Waals surface area contributed by atoms with Gasteiger partial charge in [-0.1, -0.05) is 60.7 Å².